The number of aryl methyl sites for hydroxylation is 2. The van der Waals surface area contributed by atoms with Crippen LogP contribution in [0.1, 0.15) is 35.1 Å². The van der Waals surface area contributed by atoms with E-state index < -0.39 is 0 Å². The maximum Gasteiger partial charge on any atom is 0.316 e. The van der Waals surface area contributed by atoms with Crippen molar-refractivity contribution in [2.24, 2.45) is 0 Å². The summed E-state index contributed by atoms with van der Waals surface area (Å²) in [5.74, 6) is 1.39. The third-order valence-electron chi connectivity index (χ3n) is 3.91. The lowest BCUT2D eigenvalue weighted by Crippen LogP contribution is -2.20. The number of hydrogen-bond acceptors (Lipinski definition) is 6. The van der Waals surface area contributed by atoms with Crippen LogP contribution in [0.4, 0.5) is 0 Å². The first kappa shape index (κ1) is 14.8. The Hall–Kier alpha value is -2.08. The van der Waals surface area contributed by atoms with Gasteiger partial charge in [-0.3, -0.25) is 4.90 Å². The zero-order valence-electron chi connectivity index (χ0n) is 13.3. The molecule has 1 aliphatic rings. The van der Waals surface area contributed by atoms with Crippen LogP contribution in [0, 0.1) is 13.8 Å². The molecular weight excluding hydrogens is 278 g/mol. The van der Waals surface area contributed by atoms with Gasteiger partial charge in [-0.05, 0) is 32.9 Å². The molecule has 0 bridgehead atoms. The summed E-state index contributed by atoms with van der Waals surface area (Å²) in [4.78, 5) is 19.9. The van der Waals surface area contributed by atoms with E-state index in [9.17, 15) is 0 Å². The van der Waals surface area contributed by atoms with Crippen LogP contribution in [0.2, 0.25) is 0 Å². The van der Waals surface area contributed by atoms with Crippen LogP contribution in [0.25, 0.3) is 0 Å². The van der Waals surface area contributed by atoms with E-state index in [1.807, 2.05) is 32.3 Å². The zero-order chi connectivity index (χ0) is 15.5. The molecule has 3 heterocycles. The number of nitrogens with zero attached hydrogens (tertiary/aromatic N) is 5. The first-order chi connectivity index (χ1) is 10.6. The van der Waals surface area contributed by atoms with Gasteiger partial charge in [-0.25, -0.2) is 19.9 Å². The maximum atomic E-state index is 4.98. The van der Waals surface area contributed by atoms with Gasteiger partial charge in [-0.15, -0.1) is 0 Å². The fourth-order valence-electron chi connectivity index (χ4n) is 2.91. The Bertz CT molecular complexity index is 623. The molecule has 2 aromatic rings. The lowest BCUT2D eigenvalue weighted by atomic mass is 10.1. The van der Waals surface area contributed by atoms with Crippen molar-refractivity contribution < 1.29 is 4.74 Å². The average molecular weight is 299 g/mol. The van der Waals surface area contributed by atoms with E-state index in [1.165, 1.54) is 0 Å². The average Bonchev–Trinajstić information content (AvgIpc) is 2.96. The molecule has 116 valence electrons. The van der Waals surface area contributed by atoms with Crippen LogP contribution < -0.4 is 4.74 Å². The van der Waals surface area contributed by atoms with Crippen LogP contribution in [0.5, 0.6) is 6.01 Å². The van der Waals surface area contributed by atoms with E-state index in [0.717, 1.165) is 48.8 Å². The van der Waals surface area contributed by atoms with E-state index in [4.69, 9.17) is 4.74 Å². The molecule has 1 fully saturated rings. The lowest BCUT2D eigenvalue weighted by Gasteiger charge is -2.15. The first-order valence-corrected chi connectivity index (χ1v) is 7.53. The van der Waals surface area contributed by atoms with Gasteiger partial charge in [0.25, 0.3) is 0 Å². The Kier molecular flexibility index (Phi) is 4.29. The first-order valence-electron chi connectivity index (χ1n) is 7.53. The topological polar surface area (TPSA) is 64.0 Å². The maximum absolute atomic E-state index is 4.98. The summed E-state index contributed by atoms with van der Waals surface area (Å²) >= 11 is 0. The van der Waals surface area contributed by atoms with E-state index in [0.29, 0.717) is 11.9 Å². The molecule has 0 aliphatic carbocycles. The Morgan fingerprint density at radius 1 is 1.18 bits per heavy atom. The minimum atomic E-state index is 0.409. The number of likely N-dealkylation sites (tertiary alicyclic amines) is 1. The van der Waals surface area contributed by atoms with Crippen molar-refractivity contribution in [1.29, 1.82) is 0 Å². The van der Waals surface area contributed by atoms with Gasteiger partial charge in [-0.2, -0.15) is 0 Å². The van der Waals surface area contributed by atoms with Gasteiger partial charge < -0.3 is 4.74 Å². The van der Waals surface area contributed by atoms with Crippen LogP contribution in [0.3, 0.4) is 0 Å². The Morgan fingerprint density at radius 2 is 1.86 bits per heavy atom. The van der Waals surface area contributed by atoms with Gasteiger partial charge in [0.05, 0.1) is 7.11 Å². The highest BCUT2D eigenvalue weighted by Crippen LogP contribution is 2.26. The SMILES string of the molecule is COc1ncc(CN2CCC(c3nc(C)cc(C)n3)C2)cn1. The molecule has 0 spiro atoms. The molecular formula is C16H21N5O. The fourth-order valence-corrected chi connectivity index (χ4v) is 2.91. The quantitative estimate of drug-likeness (QED) is 0.859. The van der Waals surface area contributed by atoms with Crippen molar-refractivity contribution in [3.05, 3.63) is 41.2 Å². The molecule has 22 heavy (non-hydrogen) atoms. The molecule has 0 radical (unpaired) electrons. The van der Waals surface area contributed by atoms with Gasteiger partial charge in [0.15, 0.2) is 0 Å². The Balaban J connectivity index is 1.64. The van der Waals surface area contributed by atoms with Crippen molar-refractivity contribution >= 4 is 0 Å². The predicted molar refractivity (Wildman–Crippen MR) is 82.7 cm³/mol. The third kappa shape index (κ3) is 3.39. The van der Waals surface area contributed by atoms with E-state index in [1.54, 1.807) is 7.11 Å². The summed E-state index contributed by atoms with van der Waals surface area (Å²) in [6, 6.07) is 2.43. The van der Waals surface area contributed by atoms with E-state index in [2.05, 4.69) is 24.8 Å². The normalized spacial score (nSPS) is 18.6. The predicted octanol–water partition coefficient (Wildman–Crippen LogP) is 1.88. The lowest BCUT2D eigenvalue weighted by molar-refractivity contribution is 0.323. The molecule has 1 aliphatic heterocycles. The smallest absolute Gasteiger partial charge is 0.316 e. The summed E-state index contributed by atoms with van der Waals surface area (Å²) < 4.78 is 4.98. The summed E-state index contributed by atoms with van der Waals surface area (Å²) in [6.07, 6.45) is 4.75. The molecule has 3 rings (SSSR count). The van der Waals surface area contributed by atoms with Crippen molar-refractivity contribution in [3.8, 4) is 6.01 Å². The molecule has 1 unspecified atom stereocenters. The van der Waals surface area contributed by atoms with Gasteiger partial charge in [-0.1, -0.05) is 0 Å². The third-order valence-corrected chi connectivity index (χ3v) is 3.91. The van der Waals surface area contributed by atoms with Gasteiger partial charge in [0, 0.05) is 48.4 Å². The summed E-state index contributed by atoms with van der Waals surface area (Å²) in [5, 5.41) is 0. The van der Waals surface area contributed by atoms with Gasteiger partial charge in [0.1, 0.15) is 5.82 Å². The van der Waals surface area contributed by atoms with Crippen molar-refractivity contribution in [2.45, 2.75) is 32.7 Å². The number of ether oxygens (including phenoxy) is 1. The summed E-state index contributed by atoms with van der Waals surface area (Å²) in [7, 11) is 1.57. The number of aromatic nitrogens is 4. The van der Waals surface area contributed by atoms with Crippen molar-refractivity contribution in [2.75, 3.05) is 20.2 Å². The van der Waals surface area contributed by atoms with Crippen LogP contribution in [-0.2, 0) is 6.54 Å². The number of rotatable bonds is 4. The Labute approximate surface area is 130 Å². The number of hydrogen-bond donors (Lipinski definition) is 0. The molecule has 0 saturated carbocycles. The fraction of sp³-hybridized carbons (Fsp3) is 0.500. The van der Waals surface area contributed by atoms with Crippen molar-refractivity contribution in [3.63, 3.8) is 0 Å². The minimum absolute atomic E-state index is 0.409. The molecule has 0 aromatic carbocycles. The Morgan fingerprint density at radius 3 is 2.50 bits per heavy atom. The molecule has 6 nitrogen and oxygen atoms in total. The molecule has 1 saturated heterocycles. The van der Waals surface area contributed by atoms with Crippen LogP contribution >= 0.6 is 0 Å². The number of methoxy groups -OCH3 is 1. The second-order valence-corrected chi connectivity index (χ2v) is 5.81. The summed E-state index contributed by atoms with van der Waals surface area (Å²) in [5.41, 5.74) is 3.19. The van der Waals surface area contributed by atoms with E-state index >= 15 is 0 Å². The van der Waals surface area contributed by atoms with E-state index in [-0.39, 0.29) is 0 Å². The second kappa shape index (κ2) is 6.36. The second-order valence-electron chi connectivity index (χ2n) is 5.81. The van der Waals surface area contributed by atoms with Crippen molar-refractivity contribution in [1.82, 2.24) is 24.8 Å². The molecule has 2 aromatic heterocycles. The molecule has 0 N–H and O–H groups in total. The summed E-state index contributed by atoms with van der Waals surface area (Å²) in [6.45, 7) is 6.94. The highest BCUT2D eigenvalue weighted by Gasteiger charge is 2.26. The van der Waals surface area contributed by atoms with Crippen LogP contribution in [-0.4, -0.2) is 45.0 Å². The standard InChI is InChI=1S/C16H21N5O/c1-11-6-12(2)20-15(19-11)14-4-5-21(10-14)9-13-7-17-16(22-3)18-8-13/h6-8,14H,4-5,9-10H2,1-3H3. The van der Waals surface area contributed by atoms with Gasteiger partial charge >= 0.3 is 6.01 Å². The largest absolute Gasteiger partial charge is 0.467 e. The van der Waals surface area contributed by atoms with Crippen LogP contribution in [0.15, 0.2) is 18.5 Å². The highest BCUT2D eigenvalue weighted by molar-refractivity contribution is 5.13. The monoisotopic (exact) mass is 299 g/mol. The molecule has 6 heteroatoms. The molecule has 0 amide bonds. The van der Waals surface area contributed by atoms with Gasteiger partial charge in [0.2, 0.25) is 0 Å². The minimum Gasteiger partial charge on any atom is -0.467 e. The zero-order valence-corrected chi connectivity index (χ0v) is 13.3. The molecule has 1 atom stereocenters. The highest BCUT2D eigenvalue weighted by atomic mass is 16.5.